The van der Waals surface area contributed by atoms with Crippen LogP contribution in [0, 0.1) is 17.5 Å². The Morgan fingerprint density at radius 2 is 1.86 bits per heavy atom. The van der Waals surface area contributed by atoms with Crippen LogP contribution in [-0.4, -0.2) is 13.7 Å². The van der Waals surface area contributed by atoms with Gasteiger partial charge < -0.3 is 10.1 Å². The van der Waals surface area contributed by atoms with Crippen molar-refractivity contribution < 1.29 is 17.9 Å². The van der Waals surface area contributed by atoms with Crippen molar-refractivity contribution in [3.63, 3.8) is 0 Å². The Hall–Kier alpha value is -2.01. The average Bonchev–Trinajstić information content (AvgIpc) is 2.46. The van der Waals surface area contributed by atoms with Crippen LogP contribution in [0.4, 0.5) is 13.2 Å². The molecule has 2 aromatic carbocycles. The lowest BCUT2D eigenvalue weighted by Crippen LogP contribution is -2.24. The van der Waals surface area contributed by atoms with Crippen LogP contribution in [-0.2, 0) is 0 Å². The summed E-state index contributed by atoms with van der Waals surface area (Å²) >= 11 is 0. The summed E-state index contributed by atoms with van der Waals surface area (Å²) in [6.45, 7) is 2.32. The molecule has 1 atom stereocenters. The second-order valence-corrected chi connectivity index (χ2v) is 4.52. The van der Waals surface area contributed by atoms with Gasteiger partial charge in [-0.25, -0.2) is 13.2 Å². The standard InChI is InChI=1S/C16H16F3NO/c1-3-20-16(11-8-7-10(17)9-13(11)18)12-5-4-6-14(21-2)15(12)19/h4-9,16,20H,3H2,1-2H3. The Morgan fingerprint density at radius 3 is 2.48 bits per heavy atom. The molecule has 0 aromatic heterocycles. The number of ether oxygens (including phenoxy) is 1. The van der Waals surface area contributed by atoms with E-state index in [2.05, 4.69) is 5.32 Å². The van der Waals surface area contributed by atoms with Gasteiger partial charge in [-0.1, -0.05) is 25.1 Å². The molecule has 0 saturated heterocycles. The van der Waals surface area contributed by atoms with Gasteiger partial charge in [-0.2, -0.15) is 0 Å². The van der Waals surface area contributed by atoms with Gasteiger partial charge in [-0.05, 0) is 18.7 Å². The summed E-state index contributed by atoms with van der Waals surface area (Å²) in [7, 11) is 1.36. The zero-order chi connectivity index (χ0) is 15.4. The molecule has 1 N–H and O–H groups in total. The van der Waals surface area contributed by atoms with E-state index in [4.69, 9.17) is 4.74 Å². The minimum atomic E-state index is -0.719. The fourth-order valence-corrected chi connectivity index (χ4v) is 2.24. The van der Waals surface area contributed by atoms with Crippen molar-refractivity contribution in [2.45, 2.75) is 13.0 Å². The lowest BCUT2D eigenvalue weighted by Gasteiger charge is -2.21. The number of rotatable bonds is 5. The summed E-state index contributed by atoms with van der Waals surface area (Å²) in [5.74, 6) is -1.87. The molecule has 0 aliphatic rings. The Bertz CT molecular complexity index is 631. The SMILES string of the molecule is CCNC(c1ccc(F)cc1F)c1cccc(OC)c1F. The van der Waals surface area contributed by atoms with E-state index in [0.717, 1.165) is 12.1 Å². The van der Waals surface area contributed by atoms with Crippen molar-refractivity contribution in [1.82, 2.24) is 5.32 Å². The third-order valence-electron chi connectivity index (χ3n) is 3.21. The summed E-state index contributed by atoms with van der Waals surface area (Å²) in [6.07, 6.45) is 0. The molecular weight excluding hydrogens is 279 g/mol. The molecule has 112 valence electrons. The van der Waals surface area contributed by atoms with Crippen molar-refractivity contribution in [3.8, 4) is 5.75 Å². The summed E-state index contributed by atoms with van der Waals surface area (Å²) < 4.78 is 46.4. The molecule has 0 fully saturated rings. The van der Waals surface area contributed by atoms with E-state index >= 15 is 0 Å². The highest BCUT2D eigenvalue weighted by atomic mass is 19.1. The van der Waals surface area contributed by atoms with E-state index in [1.807, 2.05) is 6.92 Å². The molecule has 2 rings (SSSR count). The molecule has 0 amide bonds. The molecule has 21 heavy (non-hydrogen) atoms. The van der Waals surface area contributed by atoms with Crippen LogP contribution in [0.5, 0.6) is 5.75 Å². The number of nitrogens with one attached hydrogen (secondary N) is 1. The molecule has 0 aliphatic heterocycles. The van der Waals surface area contributed by atoms with Gasteiger partial charge in [0.15, 0.2) is 11.6 Å². The van der Waals surface area contributed by atoms with Gasteiger partial charge in [0.1, 0.15) is 11.6 Å². The van der Waals surface area contributed by atoms with Crippen molar-refractivity contribution in [3.05, 3.63) is 65.0 Å². The van der Waals surface area contributed by atoms with Crippen molar-refractivity contribution in [2.24, 2.45) is 0 Å². The molecule has 2 nitrogen and oxygen atoms in total. The molecule has 2 aromatic rings. The highest BCUT2D eigenvalue weighted by molar-refractivity contribution is 5.39. The third-order valence-corrected chi connectivity index (χ3v) is 3.21. The molecular formula is C16H16F3NO. The molecule has 5 heteroatoms. The average molecular weight is 295 g/mol. The van der Waals surface area contributed by atoms with Crippen LogP contribution < -0.4 is 10.1 Å². The lowest BCUT2D eigenvalue weighted by atomic mass is 9.97. The fraction of sp³-hybridized carbons (Fsp3) is 0.250. The number of hydrogen-bond donors (Lipinski definition) is 1. The van der Waals surface area contributed by atoms with Gasteiger partial charge in [0.25, 0.3) is 0 Å². The first-order valence-electron chi connectivity index (χ1n) is 6.59. The Balaban J connectivity index is 2.53. The van der Waals surface area contributed by atoms with Gasteiger partial charge in [-0.3, -0.25) is 0 Å². The second-order valence-electron chi connectivity index (χ2n) is 4.52. The quantitative estimate of drug-likeness (QED) is 0.905. The molecule has 1 unspecified atom stereocenters. The topological polar surface area (TPSA) is 21.3 Å². The molecule has 0 radical (unpaired) electrons. The van der Waals surface area contributed by atoms with Crippen LogP contribution in [0.15, 0.2) is 36.4 Å². The molecule has 0 bridgehead atoms. The van der Waals surface area contributed by atoms with Crippen LogP contribution in [0.3, 0.4) is 0 Å². The molecule has 0 aliphatic carbocycles. The highest BCUT2D eigenvalue weighted by Crippen LogP contribution is 2.30. The van der Waals surface area contributed by atoms with E-state index in [0.29, 0.717) is 6.54 Å². The predicted molar refractivity (Wildman–Crippen MR) is 74.8 cm³/mol. The summed E-state index contributed by atoms with van der Waals surface area (Å²) in [4.78, 5) is 0. The number of hydrogen-bond acceptors (Lipinski definition) is 2. The smallest absolute Gasteiger partial charge is 0.170 e. The van der Waals surface area contributed by atoms with Gasteiger partial charge in [0.05, 0.1) is 13.2 Å². The number of methoxy groups -OCH3 is 1. The third kappa shape index (κ3) is 3.19. The number of halogens is 3. The summed E-state index contributed by atoms with van der Waals surface area (Å²) in [6, 6.07) is 7.21. The minimum absolute atomic E-state index is 0.0814. The normalized spacial score (nSPS) is 12.2. The Kier molecular flexibility index (Phi) is 4.85. The Morgan fingerprint density at radius 1 is 1.10 bits per heavy atom. The first-order valence-corrected chi connectivity index (χ1v) is 6.59. The van der Waals surface area contributed by atoms with Gasteiger partial charge >= 0.3 is 0 Å². The van der Waals surface area contributed by atoms with Crippen LogP contribution in [0.25, 0.3) is 0 Å². The highest BCUT2D eigenvalue weighted by Gasteiger charge is 2.22. The number of benzene rings is 2. The van der Waals surface area contributed by atoms with Crippen LogP contribution in [0.1, 0.15) is 24.1 Å². The fourth-order valence-electron chi connectivity index (χ4n) is 2.24. The van der Waals surface area contributed by atoms with E-state index in [-0.39, 0.29) is 16.9 Å². The first kappa shape index (κ1) is 15.4. The molecule has 0 saturated carbocycles. The predicted octanol–water partition coefficient (Wildman–Crippen LogP) is 3.81. The van der Waals surface area contributed by atoms with Crippen LogP contribution in [0.2, 0.25) is 0 Å². The van der Waals surface area contributed by atoms with E-state index in [9.17, 15) is 13.2 Å². The largest absolute Gasteiger partial charge is 0.494 e. The lowest BCUT2D eigenvalue weighted by molar-refractivity contribution is 0.381. The maximum atomic E-state index is 14.4. The zero-order valence-electron chi connectivity index (χ0n) is 11.8. The molecule has 0 heterocycles. The first-order chi connectivity index (χ1) is 10.1. The van der Waals surface area contributed by atoms with E-state index in [1.165, 1.54) is 19.2 Å². The van der Waals surface area contributed by atoms with E-state index < -0.39 is 23.5 Å². The van der Waals surface area contributed by atoms with Crippen molar-refractivity contribution in [2.75, 3.05) is 13.7 Å². The van der Waals surface area contributed by atoms with Gasteiger partial charge in [-0.15, -0.1) is 0 Å². The molecule has 0 spiro atoms. The minimum Gasteiger partial charge on any atom is -0.494 e. The maximum Gasteiger partial charge on any atom is 0.170 e. The van der Waals surface area contributed by atoms with Gasteiger partial charge in [0.2, 0.25) is 0 Å². The van der Waals surface area contributed by atoms with Crippen molar-refractivity contribution in [1.29, 1.82) is 0 Å². The monoisotopic (exact) mass is 295 g/mol. The van der Waals surface area contributed by atoms with Gasteiger partial charge in [0, 0.05) is 17.2 Å². The second kappa shape index (κ2) is 6.63. The summed E-state index contributed by atoms with van der Waals surface area (Å²) in [5.41, 5.74) is 0.437. The van der Waals surface area contributed by atoms with E-state index in [1.54, 1.807) is 12.1 Å². The Labute approximate surface area is 121 Å². The summed E-state index contributed by atoms with van der Waals surface area (Å²) in [5, 5.41) is 3.01. The zero-order valence-corrected chi connectivity index (χ0v) is 11.8. The maximum absolute atomic E-state index is 14.4. The van der Waals surface area contributed by atoms with Crippen molar-refractivity contribution >= 4 is 0 Å². The van der Waals surface area contributed by atoms with Crippen LogP contribution >= 0.6 is 0 Å².